The van der Waals surface area contributed by atoms with Gasteiger partial charge >= 0.3 is 0 Å². The third-order valence-electron chi connectivity index (χ3n) is 3.02. The standard InChI is InChI=1S/C12H14N4O2/c13-6-5-10-9-15(8-7-14-10)11-1-3-12(4-2-11)16(17)18/h1-4,10,14H,5,7-9H2. The van der Waals surface area contributed by atoms with Crippen LogP contribution in [0.5, 0.6) is 0 Å². The van der Waals surface area contributed by atoms with E-state index in [1.54, 1.807) is 12.1 Å². The number of rotatable bonds is 3. The summed E-state index contributed by atoms with van der Waals surface area (Å²) >= 11 is 0. The summed E-state index contributed by atoms with van der Waals surface area (Å²) in [6.07, 6.45) is 0.476. The molecular formula is C12H14N4O2. The maximum atomic E-state index is 10.6. The van der Waals surface area contributed by atoms with E-state index in [4.69, 9.17) is 5.26 Å². The molecule has 94 valence electrons. The van der Waals surface area contributed by atoms with Gasteiger partial charge < -0.3 is 10.2 Å². The Hall–Kier alpha value is -2.13. The first kappa shape index (κ1) is 12.3. The minimum Gasteiger partial charge on any atom is -0.369 e. The van der Waals surface area contributed by atoms with Gasteiger partial charge in [0.1, 0.15) is 0 Å². The van der Waals surface area contributed by atoms with Gasteiger partial charge in [-0.1, -0.05) is 0 Å². The number of hydrogen-bond acceptors (Lipinski definition) is 5. The quantitative estimate of drug-likeness (QED) is 0.641. The van der Waals surface area contributed by atoms with Crippen LogP contribution in [0.2, 0.25) is 0 Å². The van der Waals surface area contributed by atoms with Gasteiger partial charge in [-0.05, 0) is 12.1 Å². The molecule has 0 aromatic heterocycles. The van der Waals surface area contributed by atoms with Gasteiger partial charge in [-0.25, -0.2) is 0 Å². The van der Waals surface area contributed by atoms with Crippen LogP contribution in [-0.2, 0) is 0 Å². The van der Waals surface area contributed by atoms with E-state index in [0.29, 0.717) is 6.42 Å². The van der Waals surface area contributed by atoms with Crippen LogP contribution in [0.1, 0.15) is 6.42 Å². The topological polar surface area (TPSA) is 82.2 Å². The Labute approximate surface area is 105 Å². The third kappa shape index (κ3) is 2.76. The third-order valence-corrected chi connectivity index (χ3v) is 3.02. The highest BCUT2D eigenvalue weighted by Gasteiger charge is 2.19. The van der Waals surface area contributed by atoms with Gasteiger partial charge in [-0.3, -0.25) is 10.1 Å². The minimum absolute atomic E-state index is 0.0995. The average Bonchev–Trinajstić information content (AvgIpc) is 2.39. The van der Waals surface area contributed by atoms with Gasteiger partial charge in [0, 0.05) is 43.5 Å². The van der Waals surface area contributed by atoms with Gasteiger partial charge in [-0.15, -0.1) is 0 Å². The molecule has 0 radical (unpaired) electrons. The highest BCUT2D eigenvalue weighted by Crippen LogP contribution is 2.20. The van der Waals surface area contributed by atoms with Gasteiger partial charge in [-0.2, -0.15) is 5.26 Å². The van der Waals surface area contributed by atoms with Crippen LogP contribution in [0, 0.1) is 21.4 Å². The van der Waals surface area contributed by atoms with E-state index in [1.807, 2.05) is 0 Å². The minimum atomic E-state index is -0.403. The van der Waals surface area contributed by atoms with Crippen molar-refractivity contribution in [2.75, 3.05) is 24.5 Å². The molecule has 18 heavy (non-hydrogen) atoms. The molecular weight excluding hydrogens is 232 g/mol. The Kier molecular flexibility index (Phi) is 3.75. The molecule has 0 bridgehead atoms. The van der Waals surface area contributed by atoms with Crippen LogP contribution in [0.3, 0.4) is 0 Å². The number of nitrogens with one attached hydrogen (secondary N) is 1. The number of nitrogens with zero attached hydrogens (tertiary/aromatic N) is 3. The number of nitro groups is 1. The summed E-state index contributed by atoms with van der Waals surface area (Å²) < 4.78 is 0. The van der Waals surface area contributed by atoms with Crippen LogP contribution in [0.15, 0.2) is 24.3 Å². The number of non-ortho nitro benzene ring substituents is 1. The Morgan fingerprint density at radius 2 is 2.22 bits per heavy atom. The molecule has 1 aliphatic heterocycles. The number of nitriles is 1. The largest absolute Gasteiger partial charge is 0.369 e. The monoisotopic (exact) mass is 246 g/mol. The molecule has 1 saturated heterocycles. The van der Waals surface area contributed by atoms with Crippen LogP contribution in [-0.4, -0.2) is 30.6 Å². The van der Waals surface area contributed by atoms with Crippen LogP contribution < -0.4 is 10.2 Å². The molecule has 0 saturated carbocycles. The molecule has 1 fully saturated rings. The van der Waals surface area contributed by atoms with E-state index in [0.717, 1.165) is 25.3 Å². The lowest BCUT2D eigenvalue weighted by atomic mass is 10.1. The van der Waals surface area contributed by atoms with Crippen molar-refractivity contribution in [2.24, 2.45) is 0 Å². The number of nitro benzene ring substituents is 1. The van der Waals surface area contributed by atoms with E-state index in [1.165, 1.54) is 12.1 Å². The van der Waals surface area contributed by atoms with Crippen molar-refractivity contribution in [2.45, 2.75) is 12.5 Å². The molecule has 1 atom stereocenters. The molecule has 0 aliphatic carbocycles. The number of benzene rings is 1. The number of hydrogen-bond donors (Lipinski definition) is 1. The van der Waals surface area contributed by atoms with Crippen molar-refractivity contribution in [3.05, 3.63) is 34.4 Å². The molecule has 1 aromatic rings. The SMILES string of the molecule is N#CCC1CN(c2ccc([N+](=O)[O-])cc2)CCN1. The Balaban J connectivity index is 2.07. The van der Waals surface area contributed by atoms with Gasteiger partial charge in [0.15, 0.2) is 0 Å². The summed E-state index contributed by atoms with van der Waals surface area (Å²) in [6.45, 7) is 2.43. The second-order valence-electron chi connectivity index (χ2n) is 4.23. The molecule has 1 heterocycles. The Morgan fingerprint density at radius 3 is 2.83 bits per heavy atom. The van der Waals surface area contributed by atoms with E-state index >= 15 is 0 Å². The molecule has 1 N–H and O–H groups in total. The summed E-state index contributed by atoms with van der Waals surface area (Å²) in [5.74, 6) is 0. The molecule has 1 aliphatic rings. The zero-order chi connectivity index (χ0) is 13.0. The van der Waals surface area contributed by atoms with Crippen molar-refractivity contribution in [3.8, 4) is 6.07 Å². The molecule has 2 rings (SSSR count). The summed E-state index contributed by atoms with van der Waals surface area (Å²) in [5, 5.41) is 22.5. The Morgan fingerprint density at radius 1 is 1.50 bits per heavy atom. The fourth-order valence-electron chi connectivity index (χ4n) is 2.09. The zero-order valence-corrected chi connectivity index (χ0v) is 9.87. The average molecular weight is 246 g/mol. The highest BCUT2D eigenvalue weighted by atomic mass is 16.6. The predicted molar refractivity (Wildman–Crippen MR) is 67.3 cm³/mol. The second kappa shape index (κ2) is 5.47. The number of anilines is 1. The first-order valence-electron chi connectivity index (χ1n) is 5.80. The lowest BCUT2D eigenvalue weighted by Crippen LogP contribution is -2.50. The van der Waals surface area contributed by atoms with Crippen LogP contribution in [0.4, 0.5) is 11.4 Å². The Bertz CT molecular complexity index is 466. The van der Waals surface area contributed by atoms with Gasteiger partial charge in [0.05, 0.1) is 17.4 Å². The van der Waals surface area contributed by atoms with Crippen molar-refractivity contribution in [1.82, 2.24) is 5.32 Å². The molecule has 1 aromatic carbocycles. The van der Waals surface area contributed by atoms with Gasteiger partial charge in [0.2, 0.25) is 0 Å². The summed E-state index contributed by atoms with van der Waals surface area (Å²) in [5.41, 5.74) is 1.06. The first-order chi connectivity index (χ1) is 8.70. The predicted octanol–water partition coefficient (Wildman–Crippen LogP) is 1.29. The number of piperazine rings is 1. The van der Waals surface area contributed by atoms with E-state index in [-0.39, 0.29) is 11.7 Å². The van der Waals surface area contributed by atoms with Crippen molar-refractivity contribution < 1.29 is 4.92 Å². The maximum absolute atomic E-state index is 10.6. The van der Waals surface area contributed by atoms with Crippen molar-refractivity contribution in [1.29, 1.82) is 5.26 Å². The second-order valence-corrected chi connectivity index (χ2v) is 4.23. The molecule has 6 nitrogen and oxygen atoms in total. The van der Waals surface area contributed by atoms with E-state index in [2.05, 4.69) is 16.3 Å². The van der Waals surface area contributed by atoms with Crippen LogP contribution in [0.25, 0.3) is 0 Å². The zero-order valence-electron chi connectivity index (χ0n) is 9.87. The van der Waals surface area contributed by atoms with E-state index < -0.39 is 4.92 Å². The lowest BCUT2D eigenvalue weighted by molar-refractivity contribution is -0.384. The highest BCUT2D eigenvalue weighted by molar-refractivity contribution is 5.51. The smallest absolute Gasteiger partial charge is 0.269 e. The van der Waals surface area contributed by atoms with E-state index in [9.17, 15) is 10.1 Å². The lowest BCUT2D eigenvalue weighted by Gasteiger charge is -2.34. The van der Waals surface area contributed by atoms with Crippen molar-refractivity contribution in [3.63, 3.8) is 0 Å². The maximum Gasteiger partial charge on any atom is 0.269 e. The fourth-order valence-corrected chi connectivity index (χ4v) is 2.09. The summed E-state index contributed by atoms with van der Waals surface area (Å²) in [4.78, 5) is 12.3. The molecule has 1 unspecified atom stereocenters. The summed E-state index contributed by atoms with van der Waals surface area (Å²) in [7, 11) is 0. The molecule has 0 amide bonds. The molecule has 0 spiro atoms. The molecule has 6 heteroatoms. The fraction of sp³-hybridized carbons (Fsp3) is 0.417. The van der Waals surface area contributed by atoms with Crippen molar-refractivity contribution >= 4 is 11.4 Å². The van der Waals surface area contributed by atoms with Gasteiger partial charge in [0.25, 0.3) is 5.69 Å². The van der Waals surface area contributed by atoms with Crippen LogP contribution >= 0.6 is 0 Å². The first-order valence-corrected chi connectivity index (χ1v) is 5.80. The normalized spacial score (nSPS) is 19.3. The summed E-state index contributed by atoms with van der Waals surface area (Å²) in [6, 6.07) is 8.86.